The van der Waals surface area contributed by atoms with Crippen LogP contribution in [0.3, 0.4) is 0 Å². The molecule has 1 aromatic heterocycles. The van der Waals surface area contributed by atoms with E-state index in [4.69, 9.17) is 10.5 Å². The Morgan fingerprint density at radius 3 is 2.76 bits per heavy atom. The van der Waals surface area contributed by atoms with Crippen molar-refractivity contribution in [3.8, 4) is 0 Å². The average molecular weight is 298 g/mol. The van der Waals surface area contributed by atoms with Gasteiger partial charge < -0.3 is 20.5 Å². The van der Waals surface area contributed by atoms with E-state index in [-0.39, 0.29) is 24.2 Å². The van der Waals surface area contributed by atoms with Crippen molar-refractivity contribution in [2.24, 2.45) is 7.05 Å². The van der Waals surface area contributed by atoms with Crippen molar-refractivity contribution in [3.63, 3.8) is 0 Å². The predicted molar refractivity (Wildman–Crippen MR) is 79.7 cm³/mol. The Bertz CT molecular complexity index is 622. The highest BCUT2D eigenvalue weighted by atomic mass is 16.5. The summed E-state index contributed by atoms with van der Waals surface area (Å²) in [4.78, 5) is 26.3. The first-order valence-electron chi connectivity index (χ1n) is 7.07. The summed E-state index contributed by atoms with van der Waals surface area (Å²) < 4.78 is 7.78. The monoisotopic (exact) mass is 298 g/mol. The fraction of sp³-hybridized carbons (Fsp3) is 0.692. The summed E-state index contributed by atoms with van der Waals surface area (Å²) in [5.41, 5.74) is 5.49. The van der Waals surface area contributed by atoms with E-state index in [1.165, 1.54) is 11.6 Å². The van der Waals surface area contributed by atoms with Crippen LogP contribution in [0.2, 0.25) is 0 Å². The second-order valence-electron chi connectivity index (χ2n) is 5.14. The fourth-order valence-electron chi connectivity index (χ4n) is 2.58. The van der Waals surface area contributed by atoms with Crippen LogP contribution >= 0.6 is 0 Å². The average Bonchev–Trinajstić information content (AvgIpc) is 2.50. The summed E-state index contributed by atoms with van der Waals surface area (Å²) in [5.74, 6) is 0.158. The molecule has 0 bridgehead atoms. The number of nitrogens with two attached hydrogens (primary N) is 1. The lowest BCUT2D eigenvalue weighted by atomic mass is 10.2. The molecule has 1 unspecified atom stereocenters. The number of anilines is 2. The van der Waals surface area contributed by atoms with Crippen LogP contribution in [-0.2, 0) is 18.3 Å². The lowest BCUT2D eigenvalue weighted by Crippen LogP contribution is -2.52. The molecule has 0 spiro atoms. The lowest BCUT2D eigenvalue weighted by molar-refractivity contribution is 0.0725. The maximum atomic E-state index is 12.4. The molecule has 0 aliphatic carbocycles. The Morgan fingerprint density at radius 2 is 2.14 bits per heavy atom. The Kier molecular flexibility index (Phi) is 4.69. The van der Waals surface area contributed by atoms with Crippen LogP contribution in [-0.4, -0.2) is 46.6 Å². The second-order valence-corrected chi connectivity index (χ2v) is 5.14. The van der Waals surface area contributed by atoms with Gasteiger partial charge in [0.15, 0.2) is 0 Å². The van der Waals surface area contributed by atoms with Gasteiger partial charge >= 0.3 is 5.69 Å². The minimum atomic E-state index is -0.440. The van der Waals surface area contributed by atoms with E-state index in [9.17, 15) is 14.7 Å². The molecule has 0 saturated carbocycles. The van der Waals surface area contributed by atoms with Gasteiger partial charge in [-0.3, -0.25) is 13.9 Å². The van der Waals surface area contributed by atoms with Crippen molar-refractivity contribution in [1.82, 2.24) is 9.13 Å². The summed E-state index contributed by atoms with van der Waals surface area (Å²) in [5, 5.41) is 9.46. The molecular weight excluding hydrogens is 276 g/mol. The molecule has 1 aromatic rings. The molecule has 1 fully saturated rings. The van der Waals surface area contributed by atoms with Crippen LogP contribution in [0.1, 0.15) is 13.3 Å². The van der Waals surface area contributed by atoms with E-state index in [1.54, 1.807) is 4.90 Å². The first-order valence-corrected chi connectivity index (χ1v) is 7.07. The highest BCUT2D eigenvalue weighted by molar-refractivity contribution is 5.63. The van der Waals surface area contributed by atoms with Gasteiger partial charge in [-0.25, -0.2) is 4.79 Å². The Balaban J connectivity index is 2.62. The highest BCUT2D eigenvalue weighted by Crippen LogP contribution is 2.21. The third-order valence-electron chi connectivity index (χ3n) is 3.73. The number of aliphatic hydroxyl groups excluding tert-OH is 1. The molecule has 2 heterocycles. The molecule has 8 heteroatoms. The van der Waals surface area contributed by atoms with Crippen LogP contribution in [0.15, 0.2) is 9.59 Å². The van der Waals surface area contributed by atoms with Gasteiger partial charge in [-0.05, 0) is 6.42 Å². The zero-order chi connectivity index (χ0) is 15.6. The number of ether oxygens (including phenoxy) is 1. The number of rotatable bonds is 4. The van der Waals surface area contributed by atoms with E-state index in [2.05, 4.69) is 0 Å². The standard InChI is InChI=1S/C13H22N4O4/c1-3-4-17-11(14)10(12(19)15(2)13(17)20)16-5-6-21-8-9(16)7-18/h9,18H,3-8,14H2,1-2H3. The minimum Gasteiger partial charge on any atom is -0.394 e. The Morgan fingerprint density at radius 1 is 1.43 bits per heavy atom. The SMILES string of the molecule is CCCn1c(N)c(N2CCOCC2CO)c(=O)n(C)c1=O. The number of aliphatic hydroxyl groups is 1. The van der Waals surface area contributed by atoms with Crippen molar-refractivity contribution in [2.45, 2.75) is 25.9 Å². The third-order valence-corrected chi connectivity index (χ3v) is 3.73. The number of hydrogen-bond acceptors (Lipinski definition) is 6. The smallest absolute Gasteiger partial charge is 0.332 e. The normalized spacial score (nSPS) is 19.0. The van der Waals surface area contributed by atoms with Crippen molar-refractivity contribution in [1.29, 1.82) is 0 Å². The van der Waals surface area contributed by atoms with E-state index in [0.29, 0.717) is 26.3 Å². The van der Waals surface area contributed by atoms with Crippen LogP contribution in [0, 0.1) is 0 Å². The lowest BCUT2D eigenvalue weighted by Gasteiger charge is -2.36. The van der Waals surface area contributed by atoms with Gasteiger partial charge in [0.2, 0.25) is 0 Å². The zero-order valence-electron chi connectivity index (χ0n) is 12.4. The maximum Gasteiger partial charge on any atom is 0.332 e. The molecule has 0 radical (unpaired) electrons. The summed E-state index contributed by atoms with van der Waals surface area (Å²) in [7, 11) is 1.44. The molecular formula is C13H22N4O4. The molecule has 0 amide bonds. The molecule has 1 atom stereocenters. The van der Waals surface area contributed by atoms with Crippen molar-refractivity contribution < 1.29 is 9.84 Å². The van der Waals surface area contributed by atoms with Crippen LogP contribution in [0.5, 0.6) is 0 Å². The van der Waals surface area contributed by atoms with Crippen molar-refractivity contribution >= 4 is 11.5 Å². The number of aromatic nitrogens is 2. The predicted octanol–water partition coefficient (Wildman–Crippen LogP) is -1.26. The highest BCUT2D eigenvalue weighted by Gasteiger charge is 2.28. The van der Waals surface area contributed by atoms with Crippen molar-refractivity contribution in [3.05, 3.63) is 20.8 Å². The molecule has 1 aliphatic rings. The van der Waals surface area contributed by atoms with Gasteiger partial charge in [-0.15, -0.1) is 0 Å². The molecule has 1 saturated heterocycles. The molecule has 118 valence electrons. The van der Waals surface area contributed by atoms with Crippen molar-refractivity contribution in [2.75, 3.05) is 37.0 Å². The van der Waals surface area contributed by atoms with Gasteiger partial charge in [-0.1, -0.05) is 6.92 Å². The minimum absolute atomic E-state index is 0.143. The van der Waals surface area contributed by atoms with E-state index in [1.807, 2.05) is 6.92 Å². The molecule has 3 N–H and O–H groups in total. The molecule has 0 aromatic carbocycles. The quantitative estimate of drug-likeness (QED) is 0.719. The van der Waals surface area contributed by atoms with Gasteiger partial charge in [-0.2, -0.15) is 0 Å². The summed E-state index contributed by atoms with van der Waals surface area (Å²) in [6.07, 6.45) is 0.730. The number of hydrogen-bond donors (Lipinski definition) is 2. The molecule has 21 heavy (non-hydrogen) atoms. The molecule has 1 aliphatic heterocycles. The van der Waals surface area contributed by atoms with Gasteiger partial charge in [0.05, 0.1) is 25.9 Å². The fourth-order valence-corrected chi connectivity index (χ4v) is 2.58. The van der Waals surface area contributed by atoms with Gasteiger partial charge in [0.1, 0.15) is 11.5 Å². The van der Waals surface area contributed by atoms with E-state index >= 15 is 0 Å². The summed E-state index contributed by atoms with van der Waals surface area (Å²) >= 11 is 0. The van der Waals surface area contributed by atoms with E-state index < -0.39 is 11.2 Å². The van der Waals surface area contributed by atoms with Crippen LogP contribution in [0.25, 0.3) is 0 Å². The van der Waals surface area contributed by atoms with Gasteiger partial charge in [0.25, 0.3) is 5.56 Å². The van der Waals surface area contributed by atoms with E-state index in [0.717, 1.165) is 11.0 Å². The summed E-state index contributed by atoms with van der Waals surface area (Å²) in [6.45, 7) is 3.46. The molecule has 2 rings (SSSR count). The van der Waals surface area contributed by atoms with Gasteiger partial charge in [0, 0.05) is 20.1 Å². The first kappa shape index (κ1) is 15.6. The third kappa shape index (κ3) is 2.68. The largest absolute Gasteiger partial charge is 0.394 e. The Labute approximate surface area is 122 Å². The Hall–Kier alpha value is -1.80. The summed E-state index contributed by atoms with van der Waals surface area (Å²) in [6, 6.07) is -0.332. The van der Waals surface area contributed by atoms with Crippen LogP contribution in [0.4, 0.5) is 11.5 Å². The molecule has 8 nitrogen and oxygen atoms in total. The first-order chi connectivity index (χ1) is 10.0. The second kappa shape index (κ2) is 6.31. The number of morpholine rings is 1. The topological polar surface area (TPSA) is 103 Å². The van der Waals surface area contributed by atoms with Crippen LogP contribution < -0.4 is 21.9 Å². The zero-order valence-corrected chi connectivity index (χ0v) is 12.4. The maximum absolute atomic E-state index is 12.4. The number of nitrogens with zero attached hydrogens (tertiary/aromatic N) is 3. The number of nitrogen functional groups attached to an aromatic ring is 1.